The molecule has 1 aliphatic heterocycles. The number of aryl methyl sites for hydroxylation is 1. The van der Waals surface area contributed by atoms with Crippen molar-refractivity contribution in [3.8, 4) is 43.4 Å². The van der Waals surface area contributed by atoms with E-state index in [0.717, 1.165) is 24.2 Å². The molecule has 0 fully saturated rings. The van der Waals surface area contributed by atoms with Gasteiger partial charge in [0.25, 0.3) is 17.7 Å². The van der Waals surface area contributed by atoms with Gasteiger partial charge in [-0.05, 0) is 56.3 Å². The molecule has 1 aromatic carbocycles. The molecule has 23 nitrogen and oxygen atoms in total. The number of rotatable bonds is 14. The lowest BCUT2D eigenvalue weighted by atomic mass is 10.0. The number of nitrogens with zero attached hydrogens (tertiary/aromatic N) is 7. The molecule has 0 saturated heterocycles. The van der Waals surface area contributed by atoms with Gasteiger partial charge in [0, 0.05) is 46.1 Å². The van der Waals surface area contributed by atoms with Crippen LogP contribution in [0, 0.1) is 12.8 Å². The van der Waals surface area contributed by atoms with E-state index in [1.54, 1.807) is 70.9 Å². The number of aromatic nitrogens is 7. The van der Waals surface area contributed by atoms with E-state index in [-0.39, 0.29) is 48.5 Å². The second-order valence-corrected chi connectivity index (χ2v) is 24.6. The van der Waals surface area contributed by atoms with Crippen LogP contribution >= 0.6 is 68.0 Å². The molecule has 428 valence electrons. The van der Waals surface area contributed by atoms with E-state index < -0.39 is 66.4 Å². The highest BCUT2D eigenvalue weighted by Crippen LogP contribution is 2.40. The van der Waals surface area contributed by atoms with Crippen LogP contribution in [-0.2, 0) is 25.7 Å². The van der Waals surface area contributed by atoms with Crippen molar-refractivity contribution in [1.82, 2.24) is 61.5 Å². The molecule has 0 spiro atoms. The van der Waals surface area contributed by atoms with E-state index in [0.29, 0.717) is 86.7 Å². The summed E-state index contributed by atoms with van der Waals surface area (Å²) in [5.74, 6) is -2.83. The SMILES string of the molecule is CNC(=O)C[C@@H]1NC(=O)c2csc(n2)-c2ccc(-c3nc(NC(=O)OCCCCCN)cs3)nc2-c2csc(n2)-c2csc(n2)[C@H]([C@@H](O)c2ccccc2)NC(=O)CNC(=O)c2nc(sc2COC)[C@@H](C(C)C)NC(=O)c2nc1sc2C. The van der Waals surface area contributed by atoms with Crippen LogP contribution in [0.5, 0.6) is 0 Å². The van der Waals surface area contributed by atoms with Crippen LogP contribution in [0.2, 0.25) is 0 Å². The second-order valence-electron chi connectivity index (χ2n) is 18.8. The molecule has 8 heterocycles. The third-order valence-corrected chi connectivity index (χ3v) is 18.3. The van der Waals surface area contributed by atoms with Gasteiger partial charge in [-0.25, -0.2) is 39.7 Å². The number of fused-ring (bicyclic) bond motifs is 14. The number of benzene rings is 1. The molecule has 8 aromatic rings. The molecule has 0 radical (unpaired) electrons. The number of aliphatic hydroxyl groups is 1. The number of ether oxygens (including phenoxy) is 2. The first kappa shape index (κ1) is 59.3. The number of amides is 6. The fourth-order valence-corrected chi connectivity index (χ4v) is 13.9. The van der Waals surface area contributed by atoms with E-state index in [1.165, 1.54) is 70.8 Å². The Morgan fingerprint density at radius 2 is 1.45 bits per heavy atom. The second kappa shape index (κ2) is 27.2. The maximum Gasteiger partial charge on any atom is 0.412 e. The first-order valence-electron chi connectivity index (χ1n) is 25.7. The Labute approximate surface area is 494 Å². The first-order chi connectivity index (χ1) is 39.6. The molecular weight excluding hydrogens is 1170 g/mol. The Hall–Kier alpha value is -7.35. The molecule has 9 rings (SSSR count). The molecule has 6 amide bonds. The predicted octanol–water partition coefficient (Wildman–Crippen LogP) is 7.99. The van der Waals surface area contributed by atoms with Crippen LogP contribution in [0.3, 0.4) is 0 Å². The topological polar surface area (TPSA) is 330 Å². The molecule has 0 aliphatic carbocycles. The highest BCUT2D eigenvalue weighted by molar-refractivity contribution is 7.15. The minimum absolute atomic E-state index is 0.00197. The molecular formula is C53H56N14O9S6. The number of nitrogens with one attached hydrogen (secondary N) is 6. The summed E-state index contributed by atoms with van der Waals surface area (Å²) < 4.78 is 10.8. The highest BCUT2D eigenvalue weighted by Gasteiger charge is 2.33. The maximum absolute atomic E-state index is 14.3. The van der Waals surface area contributed by atoms with Crippen LogP contribution < -0.4 is 37.6 Å². The lowest BCUT2D eigenvalue weighted by Gasteiger charge is -2.23. The number of aliphatic hydroxyl groups excluding tert-OH is 1. The lowest BCUT2D eigenvalue weighted by molar-refractivity contribution is -0.122. The van der Waals surface area contributed by atoms with Crippen LogP contribution in [0.1, 0.15) is 126 Å². The monoisotopic (exact) mass is 1220 g/mol. The molecule has 7 aromatic heterocycles. The van der Waals surface area contributed by atoms with Gasteiger partial charge in [-0.1, -0.05) is 44.2 Å². The molecule has 0 unspecified atom stereocenters. The zero-order valence-electron chi connectivity index (χ0n) is 44.8. The number of carbonyl (C=O) groups is 6. The summed E-state index contributed by atoms with van der Waals surface area (Å²) in [5, 5.41) is 37.9. The number of carbonyl (C=O) groups excluding carboxylic acids is 6. The number of unbranched alkanes of at least 4 members (excludes halogenated alkanes) is 2. The molecule has 10 bridgehead atoms. The van der Waals surface area contributed by atoms with Crippen molar-refractivity contribution >= 4 is 109 Å². The number of hydrogen-bond donors (Lipinski definition) is 8. The standard InChI is InChI=1S/C53H56N14O9S6/c1-25(2)38-52-67-41(34(82-52)20-75-5)45(72)56-19-37(69)64-42(43(70)27-12-8-6-9-13-27)51-61-33(23-79-51)49-59-31(21-78-49)40-28(14-15-29(57-40)48-62-35(24-80-48)63-53(74)76-17-11-7-10-16-54)47-60-32(22-77-47)44(71)58-30(18-36(68)55-4)50-66-39(26(3)81-50)46(73)65-38/h6,8-9,12-15,21-25,30,38,42-43,70H,7,10-11,16-20,54H2,1-5H3,(H,55,68)(H,56,72)(H,58,71)(H,63,74)(H,64,69)(H,65,73)/t30-,38+,42-,43-/m0/s1. The highest BCUT2D eigenvalue weighted by atomic mass is 32.1. The Kier molecular flexibility index (Phi) is 19.6. The van der Waals surface area contributed by atoms with E-state index in [1.807, 2.05) is 13.8 Å². The number of hydrogen-bond acceptors (Lipinski definition) is 23. The number of methoxy groups -OCH3 is 1. The van der Waals surface area contributed by atoms with Gasteiger partial charge in [0.1, 0.15) is 82.2 Å². The largest absolute Gasteiger partial charge is 0.449 e. The maximum atomic E-state index is 14.3. The Balaban J connectivity index is 1.10. The molecule has 82 heavy (non-hydrogen) atoms. The van der Waals surface area contributed by atoms with Gasteiger partial charge < -0.3 is 46.9 Å². The summed E-state index contributed by atoms with van der Waals surface area (Å²) in [5.41, 5.74) is 8.37. The first-order valence-corrected chi connectivity index (χ1v) is 30.8. The van der Waals surface area contributed by atoms with Crippen molar-refractivity contribution in [2.75, 3.05) is 39.2 Å². The molecule has 29 heteroatoms. The van der Waals surface area contributed by atoms with Gasteiger partial charge >= 0.3 is 6.09 Å². The lowest BCUT2D eigenvalue weighted by Crippen LogP contribution is -2.40. The normalized spacial score (nSPS) is 16.4. The third kappa shape index (κ3) is 14.1. The third-order valence-electron chi connectivity index (χ3n) is 12.6. The fourth-order valence-electron chi connectivity index (χ4n) is 8.37. The number of pyridine rings is 1. The average Bonchev–Trinajstić information content (AvgIpc) is 4.46. The average molecular weight is 1230 g/mol. The minimum Gasteiger partial charge on any atom is -0.449 e. The van der Waals surface area contributed by atoms with Crippen LogP contribution in [0.25, 0.3) is 43.4 Å². The summed E-state index contributed by atoms with van der Waals surface area (Å²) in [6.45, 7) is 5.77. The van der Waals surface area contributed by atoms with Crippen molar-refractivity contribution in [1.29, 1.82) is 0 Å². The van der Waals surface area contributed by atoms with Gasteiger partial charge in [-0.3, -0.25) is 29.3 Å². The van der Waals surface area contributed by atoms with Crippen molar-refractivity contribution in [3.05, 3.63) is 111 Å². The van der Waals surface area contributed by atoms with Crippen molar-refractivity contribution < 1.29 is 43.3 Å². The zero-order valence-corrected chi connectivity index (χ0v) is 49.7. The zero-order chi connectivity index (χ0) is 58.0. The Bertz CT molecular complexity index is 3590. The van der Waals surface area contributed by atoms with Crippen LogP contribution in [0.4, 0.5) is 10.6 Å². The van der Waals surface area contributed by atoms with Gasteiger partial charge in [0.05, 0.1) is 48.8 Å². The molecule has 0 saturated carbocycles. The van der Waals surface area contributed by atoms with Gasteiger partial charge in [0.15, 0.2) is 0 Å². The van der Waals surface area contributed by atoms with Crippen molar-refractivity contribution in [2.45, 2.75) is 77.3 Å². The van der Waals surface area contributed by atoms with E-state index >= 15 is 0 Å². The van der Waals surface area contributed by atoms with E-state index in [4.69, 9.17) is 45.1 Å². The van der Waals surface area contributed by atoms with Crippen molar-refractivity contribution in [2.24, 2.45) is 11.7 Å². The molecule has 1 aliphatic rings. The number of thiazole rings is 6. The van der Waals surface area contributed by atoms with Gasteiger partial charge in [-0.2, -0.15) is 0 Å². The predicted molar refractivity (Wildman–Crippen MR) is 315 cm³/mol. The van der Waals surface area contributed by atoms with Gasteiger partial charge in [0.2, 0.25) is 11.8 Å². The van der Waals surface area contributed by atoms with Crippen LogP contribution in [-0.4, -0.2) is 109 Å². The summed E-state index contributed by atoms with van der Waals surface area (Å²) in [6.07, 6.45) is 0.212. The fraction of sp³-hybridized carbons (Fsp3) is 0.340. The summed E-state index contributed by atoms with van der Waals surface area (Å²) in [7, 11) is 2.95. The van der Waals surface area contributed by atoms with Crippen molar-refractivity contribution in [3.63, 3.8) is 0 Å². The quantitative estimate of drug-likeness (QED) is 0.0478. The summed E-state index contributed by atoms with van der Waals surface area (Å²) in [6, 6.07) is 9.55. The van der Waals surface area contributed by atoms with E-state index in [9.17, 15) is 33.9 Å². The summed E-state index contributed by atoms with van der Waals surface area (Å²) in [4.78, 5) is 117. The van der Waals surface area contributed by atoms with Gasteiger partial charge in [-0.15, -0.1) is 68.0 Å². The molecule has 9 N–H and O–H groups in total. The van der Waals surface area contributed by atoms with Crippen LogP contribution in [0.15, 0.2) is 64.0 Å². The molecule has 4 atom stereocenters. The number of nitrogens with two attached hydrogens (primary N) is 1. The smallest absolute Gasteiger partial charge is 0.412 e. The minimum atomic E-state index is -1.27. The number of anilines is 1. The summed E-state index contributed by atoms with van der Waals surface area (Å²) >= 11 is 7.22. The van der Waals surface area contributed by atoms with E-state index in [2.05, 4.69) is 36.9 Å². The Morgan fingerprint density at radius 3 is 2.22 bits per heavy atom. The Morgan fingerprint density at radius 1 is 0.720 bits per heavy atom.